The van der Waals surface area contributed by atoms with Crippen molar-refractivity contribution in [3.05, 3.63) is 71.3 Å². The quantitative estimate of drug-likeness (QED) is 0.194. The van der Waals surface area contributed by atoms with Crippen molar-refractivity contribution in [3.63, 3.8) is 0 Å². The molecule has 1 atom stereocenters. The number of carbonyl (C=O) groups excluding carboxylic acids is 2. The van der Waals surface area contributed by atoms with Gasteiger partial charge < -0.3 is 19.5 Å². The van der Waals surface area contributed by atoms with Gasteiger partial charge in [-0.15, -0.1) is 0 Å². The molecule has 1 aliphatic heterocycles. The number of hydrogen-bond donors (Lipinski definition) is 1. The van der Waals surface area contributed by atoms with E-state index in [2.05, 4.69) is 6.92 Å². The molecule has 0 aromatic heterocycles. The van der Waals surface area contributed by atoms with Crippen LogP contribution in [-0.4, -0.2) is 47.6 Å². The van der Waals surface area contributed by atoms with Gasteiger partial charge in [-0.2, -0.15) is 0 Å². The highest BCUT2D eigenvalue weighted by atomic mass is 16.5. The van der Waals surface area contributed by atoms with Crippen LogP contribution in [0.4, 0.5) is 0 Å². The molecule has 34 heavy (non-hydrogen) atoms. The lowest BCUT2D eigenvalue weighted by Gasteiger charge is -2.25. The van der Waals surface area contributed by atoms with Crippen LogP contribution >= 0.6 is 0 Å². The first-order valence-corrected chi connectivity index (χ1v) is 12.1. The second-order valence-electron chi connectivity index (χ2n) is 8.76. The summed E-state index contributed by atoms with van der Waals surface area (Å²) < 4.78 is 11.4. The van der Waals surface area contributed by atoms with Gasteiger partial charge in [0, 0.05) is 18.7 Å². The Morgan fingerprint density at radius 2 is 1.68 bits per heavy atom. The minimum Gasteiger partial charge on any atom is -0.507 e. The third-order valence-corrected chi connectivity index (χ3v) is 5.79. The molecule has 6 heteroatoms. The lowest BCUT2D eigenvalue weighted by atomic mass is 9.95. The Hall–Kier alpha value is -3.12. The summed E-state index contributed by atoms with van der Waals surface area (Å²) in [6, 6.07) is 15.7. The molecule has 2 aromatic rings. The number of ether oxygens (including phenoxy) is 2. The number of amides is 1. The Bertz CT molecular complexity index is 982. The summed E-state index contributed by atoms with van der Waals surface area (Å²) >= 11 is 0. The van der Waals surface area contributed by atoms with E-state index < -0.39 is 17.7 Å². The minimum absolute atomic E-state index is 0.0962. The van der Waals surface area contributed by atoms with Crippen molar-refractivity contribution in [2.45, 2.75) is 58.6 Å². The number of nitrogens with zero attached hydrogens (tertiary/aromatic N) is 1. The Kier molecular flexibility index (Phi) is 9.28. The fourth-order valence-corrected chi connectivity index (χ4v) is 4.05. The predicted octanol–water partition coefficient (Wildman–Crippen LogP) is 5.49. The number of hydrogen-bond acceptors (Lipinski definition) is 5. The molecular formula is C28H35NO5. The molecule has 0 saturated carbocycles. The summed E-state index contributed by atoms with van der Waals surface area (Å²) in [6.07, 6.45) is 3.92. The SMILES string of the molecule is CCCCCOc1ccc(/C(O)=C2/C(=O)C(=O)N(CCCOC(C)C)C2c2ccccc2)cc1. The van der Waals surface area contributed by atoms with Gasteiger partial charge in [0.15, 0.2) is 0 Å². The normalized spacial score (nSPS) is 17.5. The van der Waals surface area contributed by atoms with E-state index in [9.17, 15) is 14.7 Å². The van der Waals surface area contributed by atoms with Crippen LogP contribution < -0.4 is 4.74 Å². The maximum absolute atomic E-state index is 13.1. The molecule has 0 bridgehead atoms. The summed E-state index contributed by atoms with van der Waals surface area (Å²) in [7, 11) is 0. The summed E-state index contributed by atoms with van der Waals surface area (Å²) in [5.74, 6) is -0.740. The molecule has 0 aliphatic carbocycles. The average Bonchev–Trinajstić information content (AvgIpc) is 3.10. The van der Waals surface area contributed by atoms with E-state index in [1.807, 2.05) is 44.2 Å². The minimum atomic E-state index is -0.670. The van der Waals surface area contributed by atoms with Crippen LogP contribution in [-0.2, 0) is 14.3 Å². The van der Waals surface area contributed by atoms with Gasteiger partial charge in [-0.25, -0.2) is 0 Å². The van der Waals surface area contributed by atoms with Gasteiger partial charge in [-0.1, -0.05) is 50.1 Å². The third-order valence-electron chi connectivity index (χ3n) is 5.79. The number of Topliss-reactive ketones (excluding diaryl/α,β-unsaturated/α-hetero) is 1. The Morgan fingerprint density at radius 3 is 2.32 bits per heavy atom. The second kappa shape index (κ2) is 12.4. The van der Waals surface area contributed by atoms with Crippen LogP contribution in [0.1, 0.15) is 63.6 Å². The smallest absolute Gasteiger partial charge is 0.295 e. The van der Waals surface area contributed by atoms with Crippen LogP contribution in [0.25, 0.3) is 5.76 Å². The maximum Gasteiger partial charge on any atom is 0.295 e. The lowest BCUT2D eigenvalue weighted by Crippen LogP contribution is -2.31. The molecule has 2 aromatic carbocycles. The van der Waals surface area contributed by atoms with Crippen molar-refractivity contribution < 1.29 is 24.2 Å². The fraction of sp³-hybridized carbons (Fsp3) is 0.429. The summed E-state index contributed by atoms with van der Waals surface area (Å²) in [4.78, 5) is 27.6. The standard InChI is InChI=1S/C28H35NO5/c1-4-5-9-18-34-23-15-13-22(14-16-23)26(30)24-25(21-11-7-6-8-12-21)29(28(32)27(24)31)17-10-19-33-20(2)3/h6-8,11-16,20,25,30H,4-5,9-10,17-19H2,1-3H3/b26-24-. The van der Waals surface area contributed by atoms with Crippen LogP contribution in [0.15, 0.2) is 60.2 Å². The molecule has 0 radical (unpaired) electrons. The third kappa shape index (κ3) is 6.26. The number of rotatable bonds is 12. The highest BCUT2D eigenvalue weighted by Gasteiger charge is 2.45. The van der Waals surface area contributed by atoms with Gasteiger partial charge in [-0.05, 0) is 56.5 Å². The zero-order valence-electron chi connectivity index (χ0n) is 20.3. The first-order valence-electron chi connectivity index (χ1n) is 12.1. The second-order valence-corrected chi connectivity index (χ2v) is 8.76. The highest BCUT2D eigenvalue weighted by molar-refractivity contribution is 6.46. The van der Waals surface area contributed by atoms with E-state index >= 15 is 0 Å². The summed E-state index contributed by atoms with van der Waals surface area (Å²) in [5.41, 5.74) is 1.37. The lowest BCUT2D eigenvalue weighted by molar-refractivity contribution is -0.140. The maximum atomic E-state index is 13.1. The topological polar surface area (TPSA) is 76.1 Å². The van der Waals surface area contributed by atoms with E-state index in [1.54, 1.807) is 24.3 Å². The van der Waals surface area contributed by atoms with Crippen LogP contribution in [0.5, 0.6) is 5.75 Å². The molecule has 182 valence electrons. The number of aliphatic hydroxyl groups excluding tert-OH is 1. The molecule has 0 spiro atoms. The van der Waals surface area contributed by atoms with E-state index in [0.717, 1.165) is 24.8 Å². The molecule has 1 saturated heterocycles. The molecule has 1 fully saturated rings. The van der Waals surface area contributed by atoms with E-state index in [0.29, 0.717) is 37.5 Å². The molecule has 1 N–H and O–H groups in total. The molecule has 1 unspecified atom stereocenters. The summed E-state index contributed by atoms with van der Waals surface area (Å²) in [6.45, 7) is 7.54. The summed E-state index contributed by atoms with van der Waals surface area (Å²) in [5, 5.41) is 11.2. The largest absolute Gasteiger partial charge is 0.507 e. The van der Waals surface area contributed by atoms with Gasteiger partial charge >= 0.3 is 0 Å². The molecule has 1 heterocycles. The number of likely N-dealkylation sites (tertiary alicyclic amines) is 1. The highest BCUT2D eigenvalue weighted by Crippen LogP contribution is 2.39. The Labute approximate surface area is 202 Å². The number of ketones is 1. The molecule has 1 aliphatic rings. The van der Waals surface area contributed by atoms with Gasteiger partial charge in [0.1, 0.15) is 11.5 Å². The van der Waals surface area contributed by atoms with Crippen molar-refractivity contribution in [2.24, 2.45) is 0 Å². The molecule has 3 rings (SSSR count). The molecule has 1 amide bonds. The molecular weight excluding hydrogens is 430 g/mol. The van der Waals surface area contributed by atoms with Crippen LogP contribution in [0.2, 0.25) is 0 Å². The van der Waals surface area contributed by atoms with E-state index in [1.165, 1.54) is 4.90 Å². The van der Waals surface area contributed by atoms with Crippen LogP contribution in [0, 0.1) is 0 Å². The fourth-order valence-electron chi connectivity index (χ4n) is 4.05. The van der Waals surface area contributed by atoms with Gasteiger partial charge in [0.05, 0.1) is 24.3 Å². The Morgan fingerprint density at radius 1 is 0.971 bits per heavy atom. The van der Waals surface area contributed by atoms with E-state index in [4.69, 9.17) is 9.47 Å². The Balaban J connectivity index is 1.87. The molecule has 6 nitrogen and oxygen atoms in total. The van der Waals surface area contributed by atoms with Crippen LogP contribution in [0.3, 0.4) is 0 Å². The number of aliphatic hydroxyl groups is 1. The van der Waals surface area contributed by atoms with Crippen molar-refractivity contribution in [3.8, 4) is 5.75 Å². The number of benzene rings is 2. The zero-order valence-corrected chi connectivity index (χ0v) is 20.3. The van der Waals surface area contributed by atoms with Crippen molar-refractivity contribution in [2.75, 3.05) is 19.8 Å². The average molecular weight is 466 g/mol. The number of carbonyl (C=O) groups is 2. The van der Waals surface area contributed by atoms with Crippen molar-refractivity contribution >= 4 is 17.4 Å². The number of unbranched alkanes of at least 4 members (excludes halogenated alkanes) is 2. The van der Waals surface area contributed by atoms with Crippen molar-refractivity contribution in [1.82, 2.24) is 4.90 Å². The van der Waals surface area contributed by atoms with Gasteiger partial charge in [0.25, 0.3) is 11.7 Å². The van der Waals surface area contributed by atoms with E-state index in [-0.39, 0.29) is 17.4 Å². The van der Waals surface area contributed by atoms with Gasteiger partial charge in [-0.3, -0.25) is 9.59 Å². The first kappa shape index (κ1) is 25.5. The first-order chi connectivity index (χ1) is 16.4. The van der Waals surface area contributed by atoms with Crippen molar-refractivity contribution in [1.29, 1.82) is 0 Å². The predicted molar refractivity (Wildman–Crippen MR) is 133 cm³/mol. The van der Waals surface area contributed by atoms with Gasteiger partial charge in [0.2, 0.25) is 0 Å². The monoisotopic (exact) mass is 465 g/mol. The zero-order chi connectivity index (χ0) is 24.5.